The van der Waals surface area contributed by atoms with E-state index in [9.17, 15) is 0 Å². The molecule has 2 heteroatoms. The van der Waals surface area contributed by atoms with Crippen LogP contribution in [0.4, 0.5) is 0 Å². The molecule has 17 heavy (non-hydrogen) atoms. The van der Waals surface area contributed by atoms with Crippen molar-refractivity contribution in [3.63, 3.8) is 0 Å². The summed E-state index contributed by atoms with van der Waals surface area (Å²) in [6, 6.07) is 4.77. The Labute approximate surface area is 108 Å². The molecule has 0 bridgehead atoms. The van der Waals surface area contributed by atoms with E-state index in [0.29, 0.717) is 0 Å². The topological polar surface area (TPSA) is 4.93 Å². The predicted molar refractivity (Wildman–Crippen MR) is 77.3 cm³/mol. The van der Waals surface area contributed by atoms with E-state index in [1.807, 2.05) is 0 Å². The summed E-state index contributed by atoms with van der Waals surface area (Å²) >= 11 is 4.35. The van der Waals surface area contributed by atoms with E-state index in [-0.39, 0.29) is 0 Å². The zero-order chi connectivity index (χ0) is 12.0. The lowest BCUT2D eigenvalue weighted by Crippen LogP contribution is -2.09. The Morgan fingerprint density at radius 3 is 2.88 bits per heavy atom. The highest BCUT2D eigenvalue weighted by atomic mass is 32.1. The molecule has 0 saturated carbocycles. The highest BCUT2D eigenvalue weighted by molar-refractivity contribution is 7.80. The zero-order valence-electron chi connectivity index (χ0n) is 10.6. The van der Waals surface area contributed by atoms with Gasteiger partial charge in [-0.3, -0.25) is 0 Å². The molecule has 0 atom stereocenters. The number of nitrogens with zero attached hydrogens (tertiary/aromatic N) is 1. The molecule has 1 aliphatic rings. The first-order valence-electron chi connectivity index (χ1n) is 6.44. The largest absolute Gasteiger partial charge is 0.344 e. The van der Waals surface area contributed by atoms with Gasteiger partial charge in [0.05, 0.1) is 5.52 Å². The van der Waals surface area contributed by atoms with Gasteiger partial charge >= 0.3 is 0 Å². The molecule has 1 aromatic carbocycles. The Bertz CT molecular complexity index is 580. The Morgan fingerprint density at radius 1 is 1.29 bits per heavy atom. The van der Waals surface area contributed by atoms with Crippen LogP contribution in [0.5, 0.6) is 0 Å². The quantitative estimate of drug-likeness (QED) is 0.770. The van der Waals surface area contributed by atoms with Gasteiger partial charge in [-0.25, -0.2) is 0 Å². The third kappa shape index (κ3) is 1.61. The molecule has 0 fully saturated rings. The first kappa shape index (κ1) is 11.2. The Kier molecular flexibility index (Phi) is 2.70. The second-order valence-corrected chi connectivity index (χ2v) is 5.54. The fourth-order valence-corrected chi connectivity index (χ4v) is 3.36. The minimum atomic E-state index is 0.934. The normalized spacial score (nSPS) is 14.5. The summed E-state index contributed by atoms with van der Waals surface area (Å²) in [7, 11) is 0. The van der Waals surface area contributed by atoms with E-state index in [1.54, 1.807) is 5.56 Å². The van der Waals surface area contributed by atoms with Crippen molar-refractivity contribution in [2.75, 3.05) is 5.75 Å². The third-order valence-corrected chi connectivity index (χ3v) is 4.32. The zero-order valence-corrected chi connectivity index (χ0v) is 11.5. The molecule has 0 spiro atoms. The summed E-state index contributed by atoms with van der Waals surface area (Å²) in [5, 5.41) is 1.47. The van der Waals surface area contributed by atoms with Gasteiger partial charge in [-0.1, -0.05) is 6.07 Å². The van der Waals surface area contributed by atoms with Crippen molar-refractivity contribution in [1.82, 2.24) is 4.57 Å². The standard InChI is InChI=1S/C15H19NS/c1-10-11(2)16-6-3-4-13-8-12(5-7-17)9-14(10)15(13)16/h8-9,17H,3-7H2,1-2H3. The van der Waals surface area contributed by atoms with E-state index in [4.69, 9.17) is 0 Å². The van der Waals surface area contributed by atoms with Crippen LogP contribution < -0.4 is 0 Å². The molecular formula is C15H19NS. The first-order chi connectivity index (χ1) is 8.22. The fraction of sp³-hybridized carbons (Fsp3) is 0.467. The van der Waals surface area contributed by atoms with Crippen LogP contribution in [0.25, 0.3) is 10.9 Å². The summed E-state index contributed by atoms with van der Waals surface area (Å²) in [5.74, 6) is 0.934. The number of thiol groups is 1. The van der Waals surface area contributed by atoms with Crippen molar-refractivity contribution >= 4 is 23.5 Å². The van der Waals surface area contributed by atoms with Crippen molar-refractivity contribution in [1.29, 1.82) is 0 Å². The lowest BCUT2D eigenvalue weighted by molar-refractivity contribution is 0.621. The molecule has 1 nitrogen and oxygen atoms in total. The summed E-state index contributed by atoms with van der Waals surface area (Å²) < 4.78 is 2.51. The Morgan fingerprint density at radius 2 is 2.12 bits per heavy atom. The maximum Gasteiger partial charge on any atom is 0.0517 e. The number of rotatable bonds is 2. The number of benzene rings is 1. The minimum absolute atomic E-state index is 0.934. The number of aryl methyl sites for hydroxylation is 4. The van der Waals surface area contributed by atoms with Gasteiger partial charge in [0.25, 0.3) is 0 Å². The molecule has 0 N–H and O–H groups in total. The van der Waals surface area contributed by atoms with Gasteiger partial charge in [0.1, 0.15) is 0 Å². The summed E-state index contributed by atoms with van der Waals surface area (Å²) in [5.41, 5.74) is 7.40. The molecule has 0 amide bonds. The lowest BCUT2D eigenvalue weighted by atomic mass is 9.98. The summed E-state index contributed by atoms with van der Waals surface area (Å²) in [6.07, 6.45) is 3.59. The van der Waals surface area contributed by atoms with Gasteiger partial charge in [0.2, 0.25) is 0 Å². The lowest BCUT2D eigenvalue weighted by Gasteiger charge is -2.18. The van der Waals surface area contributed by atoms with Crippen LogP contribution in [0.2, 0.25) is 0 Å². The highest BCUT2D eigenvalue weighted by Crippen LogP contribution is 2.33. The number of hydrogen-bond donors (Lipinski definition) is 1. The van der Waals surface area contributed by atoms with E-state index in [0.717, 1.165) is 12.2 Å². The minimum Gasteiger partial charge on any atom is -0.344 e. The first-order valence-corrected chi connectivity index (χ1v) is 7.07. The smallest absolute Gasteiger partial charge is 0.0517 e. The molecular weight excluding hydrogens is 226 g/mol. The van der Waals surface area contributed by atoms with Crippen LogP contribution in [0.15, 0.2) is 12.1 Å². The average molecular weight is 245 g/mol. The van der Waals surface area contributed by atoms with Gasteiger partial charge in [-0.05, 0) is 61.6 Å². The van der Waals surface area contributed by atoms with Crippen LogP contribution in [0.1, 0.15) is 28.8 Å². The summed E-state index contributed by atoms with van der Waals surface area (Å²) in [6.45, 7) is 5.70. The van der Waals surface area contributed by atoms with Crippen LogP contribution >= 0.6 is 12.6 Å². The molecule has 0 saturated heterocycles. The summed E-state index contributed by atoms with van der Waals surface area (Å²) in [4.78, 5) is 0. The molecule has 3 rings (SSSR count). The Balaban J connectivity index is 2.33. The van der Waals surface area contributed by atoms with Crippen LogP contribution in [-0.4, -0.2) is 10.3 Å². The van der Waals surface area contributed by atoms with Crippen molar-refractivity contribution in [2.24, 2.45) is 0 Å². The molecule has 2 heterocycles. The Hall–Kier alpha value is -0.890. The van der Waals surface area contributed by atoms with Gasteiger partial charge < -0.3 is 4.57 Å². The SMILES string of the molecule is Cc1c(C)n2c3c(cc(CCS)cc13)CCC2. The van der Waals surface area contributed by atoms with Gasteiger partial charge in [-0.15, -0.1) is 0 Å². The maximum absolute atomic E-state index is 4.35. The van der Waals surface area contributed by atoms with E-state index in [2.05, 4.69) is 43.2 Å². The monoisotopic (exact) mass is 245 g/mol. The van der Waals surface area contributed by atoms with Crippen LogP contribution in [0, 0.1) is 13.8 Å². The van der Waals surface area contributed by atoms with Crippen molar-refractivity contribution in [3.8, 4) is 0 Å². The molecule has 2 aromatic rings. The second-order valence-electron chi connectivity index (χ2n) is 5.09. The molecule has 1 aromatic heterocycles. The van der Waals surface area contributed by atoms with E-state index < -0.39 is 0 Å². The van der Waals surface area contributed by atoms with Crippen molar-refractivity contribution < 1.29 is 0 Å². The van der Waals surface area contributed by atoms with Crippen LogP contribution in [0.3, 0.4) is 0 Å². The highest BCUT2D eigenvalue weighted by Gasteiger charge is 2.18. The molecule has 1 aliphatic heterocycles. The second kappa shape index (κ2) is 4.09. The third-order valence-electron chi connectivity index (χ3n) is 4.10. The van der Waals surface area contributed by atoms with E-state index >= 15 is 0 Å². The van der Waals surface area contributed by atoms with Crippen molar-refractivity contribution in [2.45, 2.75) is 39.7 Å². The van der Waals surface area contributed by atoms with Gasteiger partial charge in [0, 0.05) is 17.6 Å². The molecule has 0 aliphatic carbocycles. The van der Waals surface area contributed by atoms with Gasteiger partial charge in [0.15, 0.2) is 0 Å². The van der Waals surface area contributed by atoms with Gasteiger partial charge in [-0.2, -0.15) is 12.6 Å². The fourth-order valence-electron chi connectivity index (χ4n) is 3.10. The predicted octanol–water partition coefficient (Wildman–Crippen LogP) is 3.68. The average Bonchev–Trinajstić information content (AvgIpc) is 2.57. The molecule has 90 valence electrons. The number of aromatic nitrogens is 1. The van der Waals surface area contributed by atoms with E-state index in [1.165, 1.54) is 47.1 Å². The maximum atomic E-state index is 4.35. The molecule has 0 unspecified atom stereocenters. The van der Waals surface area contributed by atoms with Crippen molar-refractivity contribution in [3.05, 3.63) is 34.5 Å². The number of hydrogen-bond acceptors (Lipinski definition) is 1. The van der Waals surface area contributed by atoms with Crippen LogP contribution in [-0.2, 0) is 19.4 Å². The molecule has 0 radical (unpaired) electrons.